The van der Waals surface area contributed by atoms with Crippen molar-refractivity contribution in [2.24, 2.45) is 0 Å². The van der Waals surface area contributed by atoms with E-state index in [0.717, 1.165) is 99.8 Å². The summed E-state index contributed by atoms with van der Waals surface area (Å²) < 4.78 is 13.0. The predicted octanol–water partition coefficient (Wildman–Crippen LogP) is 15.2. The Labute approximate surface area is 417 Å². The molecule has 0 amide bonds. The molecule has 0 spiro atoms. The molecule has 0 aliphatic rings. The van der Waals surface area contributed by atoms with E-state index in [1.807, 2.05) is 24.4 Å². The summed E-state index contributed by atoms with van der Waals surface area (Å²) in [5.74, 6) is 0.793. The van der Waals surface area contributed by atoms with Gasteiger partial charge in [0.25, 0.3) is 6.33 Å². The van der Waals surface area contributed by atoms with Crippen molar-refractivity contribution in [2.45, 2.75) is 58.8 Å². The number of furan rings is 1. The van der Waals surface area contributed by atoms with Crippen LogP contribution in [0.15, 0.2) is 187 Å². The fraction of sp³-hybridized carbons (Fsp3) is 0.143. The number of benzene rings is 8. The molecule has 0 saturated heterocycles. The summed E-state index contributed by atoms with van der Waals surface area (Å²) in [5.41, 5.74) is 17.0. The number of hydrogen-bond donors (Lipinski definition) is 0. The molecular formula is C63H50N4OPt-2. The van der Waals surface area contributed by atoms with Crippen LogP contribution in [0.3, 0.4) is 0 Å². The van der Waals surface area contributed by atoms with E-state index >= 15 is 0 Å². The molecule has 0 bridgehead atoms. The number of hydrogen-bond acceptors (Lipinski definition) is 2. The molecule has 4 heterocycles. The number of nitrogens with zero attached hydrogens (tertiary/aromatic N) is 4. The Morgan fingerprint density at radius 3 is 2.01 bits per heavy atom. The Bertz CT molecular complexity index is 3920. The minimum Gasteiger partial charge on any atom is -0.456 e. The van der Waals surface area contributed by atoms with E-state index < -0.39 is 0 Å². The van der Waals surface area contributed by atoms with Crippen LogP contribution in [0.4, 0.5) is 0 Å². The zero-order valence-electron chi connectivity index (χ0n) is 39.5. The molecule has 12 rings (SSSR count). The summed E-state index contributed by atoms with van der Waals surface area (Å²) in [6.07, 6.45) is 6.49. The molecule has 0 N–H and O–H groups in total. The van der Waals surface area contributed by atoms with Crippen molar-refractivity contribution in [1.29, 1.82) is 0 Å². The maximum atomic E-state index is 6.35. The van der Waals surface area contributed by atoms with Gasteiger partial charge in [0.2, 0.25) is 0 Å². The van der Waals surface area contributed by atoms with Crippen molar-refractivity contribution in [3.8, 4) is 39.4 Å². The summed E-state index contributed by atoms with van der Waals surface area (Å²) in [6.45, 7) is 13.7. The second kappa shape index (κ2) is 17.0. The Hall–Kier alpha value is -7.33. The average Bonchev–Trinajstić information content (AvgIpc) is 4.03. The van der Waals surface area contributed by atoms with Crippen LogP contribution in [0.1, 0.15) is 63.8 Å². The predicted molar refractivity (Wildman–Crippen MR) is 278 cm³/mol. The van der Waals surface area contributed by atoms with Gasteiger partial charge in [0, 0.05) is 49.6 Å². The van der Waals surface area contributed by atoms with Gasteiger partial charge in [-0.05, 0) is 68.3 Å². The van der Waals surface area contributed by atoms with E-state index in [2.05, 4.69) is 231 Å². The van der Waals surface area contributed by atoms with Crippen LogP contribution in [-0.2, 0) is 38.3 Å². The number of aromatic nitrogens is 4. The first-order valence-electron chi connectivity index (χ1n) is 23.5. The van der Waals surface area contributed by atoms with E-state index in [4.69, 9.17) is 9.40 Å². The second-order valence-electron chi connectivity index (χ2n) is 20.1. The van der Waals surface area contributed by atoms with Gasteiger partial charge in [0.15, 0.2) is 0 Å². The van der Waals surface area contributed by atoms with Crippen LogP contribution < -0.4 is 4.57 Å². The van der Waals surface area contributed by atoms with Crippen molar-refractivity contribution in [3.63, 3.8) is 0 Å². The van der Waals surface area contributed by atoms with E-state index in [1.54, 1.807) is 0 Å². The monoisotopic (exact) mass is 1070 g/mol. The van der Waals surface area contributed by atoms with Gasteiger partial charge in [0.05, 0.1) is 16.7 Å². The zero-order chi connectivity index (χ0) is 46.3. The van der Waals surface area contributed by atoms with Crippen molar-refractivity contribution < 1.29 is 30.0 Å². The molecule has 0 unspecified atom stereocenters. The van der Waals surface area contributed by atoms with Gasteiger partial charge in [-0.2, -0.15) is 53.1 Å². The minimum atomic E-state index is -0.135. The Balaban J connectivity index is 0.00000520. The molecule has 8 aromatic carbocycles. The van der Waals surface area contributed by atoms with Crippen LogP contribution in [0.25, 0.3) is 94.2 Å². The van der Waals surface area contributed by atoms with Gasteiger partial charge in [-0.25, -0.2) is 4.98 Å². The van der Waals surface area contributed by atoms with Crippen molar-refractivity contribution in [2.75, 3.05) is 0 Å². The maximum Gasteiger partial charge on any atom is 0.268 e. The van der Waals surface area contributed by atoms with Crippen LogP contribution in [-0.4, -0.2) is 14.1 Å². The van der Waals surface area contributed by atoms with Crippen LogP contribution in [0.2, 0.25) is 0 Å². The third kappa shape index (κ3) is 7.80. The molecule has 0 radical (unpaired) electrons. The Kier molecular flexibility index (Phi) is 10.9. The third-order valence-corrected chi connectivity index (χ3v) is 13.5. The smallest absolute Gasteiger partial charge is 0.268 e. The number of pyridine rings is 1. The molecule has 0 atom stereocenters. The van der Waals surface area contributed by atoms with E-state index in [0.29, 0.717) is 6.42 Å². The fourth-order valence-corrected chi connectivity index (χ4v) is 9.90. The quantitative estimate of drug-likeness (QED) is 0.118. The molecule has 4 aromatic heterocycles. The van der Waals surface area contributed by atoms with Gasteiger partial charge in [-0.1, -0.05) is 181 Å². The largest absolute Gasteiger partial charge is 0.456 e. The Morgan fingerprint density at radius 1 is 0.536 bits per heavy atom. The van der Waals surface area contributed by atoms with Gasteiger partial charge in [-0.15, -0.1) is 5.39 Å². The Morgan fingerprint density at radius 2 is 1.22 bits per heavy atom. The van der Waals surface area contributed by atoms with Gasteiger partial charge in [-0.3, -0.25) is 4.57 Å². The van der Waals surface area contributed by atoms with Gasteiger partial charge in [0.1, 0.15) is 17.0 Å². The average molecular weight is 1070 g/mol. The van der Waals surface area contributed by atoms with E-state index in [1.165, 1.54) is 16.7 Å². The fourth-order valence-electron chi connectivity index (χ4n) is 9.90. The van der Waals surface area contributed by atoms with Gasteiger partial charge < -0.3 is 13.6 Å². The standard InChI is InChI=1S/C63H50N4O.Pt/c1-62(2,3)45-21-16-20-44(36-45)49-25-17-24-48(43-18-8-7-9-19-43)61(49)66-40-65(55-27-13-14-28-56(55)66)47-34-42(33-46(37-47)63(4,5)6)32-41-30-31-51-50-22-10-12-26-54(50)67(57(51)35-41)60-38-59-53(39-64-60)52-23-11-15-29-58(52)68-59;/h7-31,33,36-39H,32H2,1-6H3;/q-2;. The summed E-state index contributed by atoms with van der Waals surface area (Å²) in [5, 5.41) is 4.35. The zero-order valence-corrected chi connectivity index (χ0v) is 41.8. The maximum absolute atomic E-state index is 6.35. The third-order valence-electron chi connectivity index (χ3n) is 13.5. The SMILES string of the molecule is CC(C)(C)c1cc(Cc2[c-]c3c(cc2)c2ccccc2n3-c2cc3oc4ccccc4c3cn2)[c-]c(-n2[c-][n+](-c3c(-c4ccccc4)cccc3-c3cccc(C(C)(C)C)c3)c3ccccc32)c1.[Pt]. The molecule has 0 aliphatic carbocycles. The molecule has 0 saturated carbocycles. The molecular weight excluding hydrogens is 1020 g/mol. The summed E-state index contributed by atoms with van der Waals surface area (Å²) in [4.78, 5) is 5.05. The number of para-hydroxylation sites is 5. The van der Waals surface area contributed by atoms with Crippen molar-refractivity contribution in [3.05, 3.63) is 223 Å². The van der Waals surface area contributed by atoms with Gasteiger partial charge >= 0.3 is 0 Å². The summed E-state index contributed by atoms with van der Waals surface area (Å²) in [7, 11) is 0. The number of rotatable bonds is 7. The first-order chi connectivity index (χ1) is 33.0. The molecule has 0 aliphatic heterocycles. The molecule has 0 fully saturated rings. The molecule has 340 valence electrons. The van der Waals surface area contributed by atoms with Crippen molar-refractivity contribution >= 4 is 54.8 Å². The molecule has 12 aromatic rings. The molecule has 69 heavy (non-hydrogen) atoms. The first kappa shape index (κ1) is 44.2. The van der Waals surface area contributed by atoms with Crippen molar-refractivity contribution in [1.82, 2.24) is 14.1 Å². The first-order valence-corrected chi connectivity index (χ1v) is 23.5. The topological polar surface area (TPSA) is 39.8 Å². The summed E-state index contributed by atoms with van der Waals surface area (Å²) >= 11 is 0. The molecule has 5 nitrogen and oxygen atoms in total. The molecule has 6 heteroatoms. The van der Waals surface area contributed by atoms with E-state index in [9.17, 15) is 0 Å². The summed E-state index contributed by atoms with van der Waals surface area (Å²) in [6, 6.07) is 70.6. The van der Waals surface area contributed by atoms with Crippen LogP contribution >= 0.6 is 0 Å². The van der Waals surface area contributed by atoms with Crippen LogP contribution in [0, 0.1) is 18.5 Å². The van der Waals surface area contributed by atoms with Crippen LogP contribution in [0.5, 0.6) is 0 Å². The number of fused-ring (bicyclic) bond motifs is 7. The second-order valence-corrected chi connectivity index (χ2v) is 20.1. The van der Waals surface area contributed by atoms with E-state index in [-0.39, 0.29) is 31.9 Å². The minimum absolute atomic E-state index is 0. The normalized spacial score (nSPS) is 12.1. The number of imidazole rings is 1.